The molecule has 2 fully saturated rings. The van der Waals surface area contributed by atoms with Crippen LogP contribution in [0.1, 0.15) is 37.0 Å². The Hall–Kier alpha value is -1.44. The predicted octanol–water partition coefficient (Wildman–Crippen LogP) is 1.54. The zero-order valence-electron chi connectivity index (χ0n) is 14.9. The van der Waals surface area contributed by atoms with E-state index in [0.29, 0.717) is 24.6 Å². The quantitative estimate of drug-likeness (QED) is 0.830. The van der Waals surface area contributed by atoms with Crippen molar-refractivity contribution >= 4 is 15.9 Å². The minimum Gasteiger partial charge on any atom is -0.336 e. The number of benzene rings is 1. The molecule has 0 spiro atoms. The highest BCUT2D eigenvalue weighted by atomic mass is 32.2. The SMILES string of the molecule is CC(C)CN1CCN(C(=O)c2cccc(S(=O)(=O)NC3CC3)c2)CC1. The molecule has 1 amide bonds. The van der Waals surface area contributed by atoms with Crippen molar-refractivity contribution in [2.75, 3.05) is 32.7 Å². The Morgan fingerprint density at radius 2 is 1.88 bits per heavy atom. The van der Waals surface area contributed by atoms with Gasteiger partial charge in [0.25, 0.3) is 5.91 Å². The van der Waals surface area contributed by atoms with Gasteiger partial charge in [-0.15, -0.1) is 0 Å². The number of carbonyl (C=O) groups is 1. The normalized spacial score (nSPS) is 19.4. The van der Waals surface area contributed by atoms with Crippen LogP contribution in [0.3, 0.4) is 0 Å². The summed E-state index contributed by atoms with van der Waals surface area (Å²) < 4.78 is 27.3. The summed E-state index contributed by atoms with van der Waals surface area (Å²) >= 11 is 0. The molecular formula is C18H27N3O3S. The van der Waals surface area contributed by atoms with Gasteiger partial charge < -0.3 is 4.90 Å². The fourth-order valence-corrected chi connectivity index (χ4v) is 4.47. The largest absolute Gasteiger partial charge is 0.336 e. The van der Waals surface area contributed by atoms with Gasteiger partial charge in [-0.2, -0.15) is 0 Å². The molecule has 3 rings (SSSR count). The van der Waals surface area contributed by atoms with E-state index < -0.39 is 10.0 Å². The maximum Gasteiger partial charge on any atom is 0.253 e. The van der Waals surface area contributed by atoms with E-state index in [4.69, 9.17) is 0 Å². The van der Waals surface area contributed by atoms with E-state index in [-0.39, 0.29) is 16.8 Å². The van der Waals surface area contributed by atoms with Crippen molar-refractivity contribution in [3.63, 3.8) is 0 Å². The van der Waals surface area contributed by atoms with Crippen LogP contribution in [0.2, 0.25) is 0 Å². The highest BCUT2D eigenvalue weighted by Crippen LogP contribution is 2.23. The van der Waals surface area contributed by atoms with Crippen LogP contribution in [0.15, 0.2) is 29.2 Å². The third-order valence-corrected chi connectivity index (χ3v) is 6.09. The molecule has 0 bridgehead atoms. The lowest BCUT2D eigenvalue weighted by Gasteiger charge is -2.35. The predicted molar refractivity (Wildman–Crippen MR) is 97.0 cm³/mol. The van der Waals surface area contributed by atoms with Crippen LogP contribution in [0.25, 0.3) is 0 Å². The molecule has 1 aromatic rings. The van der Waals surface area contributed by atoms with Crippen molar-refractivity contribution in [2.45, 2.75) is 37.6 Å². The van der Waals surface area contributed by atoms with Gasteiger partial charge in [0, 0.05) is 44.3 Å². The van der Waals surface area contributed by atoms with Crippen LogP contribution in [-0.4, -0.2) is 62.9 Å². The van der Waals surface area contributed by atoms with Crippen molar-refractivity contribution < 1.29 is 13.2 Å². The van der Waals surface area contributed by atoms with Crippen LogP contribution in [0.4, 0.5) is 0 Å². The summed E-state index contributed by atoms with van der Waals surface area (Å²) in [6, 6.07) is 6.43. The Morgan fingerprint density at radius 3 is 2.48 bits per heavy atom. The molecule has 0 atom stereocenters. The number of rotatable bonds is 6. The summed E-state index contributed by atoms with van der Waals surface area (Å²) in [6.45, 7) is 8.53. The van der Waals surface area contributed by atoms with Crippen LogP contribution in [-0.2, 0) is 10.0 Å². The number of carbonyl (C=O) groups excluding carboxylic acids is 1. The van der Waals surface area contributed by atoms with Crippen molar-refractivity contribution in [3.8, 4) is 0 Å². The van der Waals surface area contributed by atoms with Crippen LogP contribution < -0.4 is 4.72 Å². The van der Waals surface area contributed by atoms with Gasteiger partial charge >= 0.3 is 0 Å². The maximum atomic E-state index is 12.7. The van der Waals surface area contributed by atoms with Crippen LogP contribution >= 0.6 is 0 Å². The number of hydrogen-bond acceptors (Lipinski definition) is 4. The van der Waals surface area contributed by atoms with Gasteiger partial charge in [0.15, 0.2) is 0 Å². The molecule has 1 saturated heterocycles. The standard InChI is InChI=1S/C18H27N3O3S/c1-14(2)13-20-8-10-21(11-9-20)18(22)15-4-3-5-17(12-15)25(23,24)19-16-6-7-16/h3-5,12,14,16,19H,6-11,13H2,1-2H3. The highest BCUT2D eigenvalue weighted by molar-refractivity contribution is 7.89. The molecule has 0 unspecified atom stereocenters. The molecular weight excluding hydrogens is 338 g/mol. The summed E-state index contributed by atoms with van der Waals surface area (Å²) in [4.78, 5) is 17.1. The minimum atomic E-state index is -3.54. The lowest BCUT2D eigenvalue weighted by molar-refractivity contribution is 0.0623. The monoisotopic (exact) mass is 365 g/mol. The van der Waals surface area contributed by atoms with Gasteiger partial charge in [-0.05, 0) is 37.0 Å². The van der Waals surface area contributed by atoms with E-state index in [1.165, 1.54) is 6.07 Å². The molecule has 1 aliphatic heterocycles. The fraction of sp³-hybridized carbons (Fsp3) is 0.611. The van der Waals surface area contributed by atoms with E-state index in [9.17, 15) is 13.2 Å². The first-order chi connectivity index (χ1) is 11.8. The second-order valence-corrected chi connectivity index (χ2v) is 9.12. The number of sulfonamides is 1. The number of hydrogen-bond donors (Lipinski definition) is 1. The average molecular weight is 365 g/mol. The first-order valence-corrected chi connectivity index (χ1v) is 10.5. The molecule has 0 radical (unpaired) electrons. The fourth-order valence-electron chi connectivity index (χ4n) is 3.12. The molecule has 2 aliphatic rings. The van der Waals surface area contributed by atoms with E-state index in [2.05, 4.69) is 23.5 Å². The molecule has 6 nitrogen and oxygen atoms in total. The second kappa shape index (κ2) is 7.43. The Kier molecular flexibility index (Phi) is 5.46. The Morgan fingerprint density at radius 1 is 1.20 bits per heavy atom. The smallest absolute Gasteiger partial charge is 0.253 e. The summed E-state index contributed by atoms with van der Waals surface area (Å²) in [6.07, 6.45) is 1.77. The van der Waals surface area contributed by atoms with Crippen molar-refractivity contribution in [1.29, 1.82) is 0 Å². The molecule has 0 aromatic heterocycles. The van der Waals surface area contributed by atoms with Gasteiger partial charge in [0.05, 0.1) is 4.90 Å². The zero-order chi connectivity index (χ0) is 18.0. The van der Waals surface area contributed by atoms with E-state index in [1.807, 2.05) is 4.90 Å². The molecule has 7 heteroatoms. The summed E-state index contributed by atoms with van der Waals surface area (Å²) in [7, 11) is -3.54. The molecule has 1 aromatic carbocycles. The molecule has 138 valence electrons. The third kappa shape index (κ3) is 4.80. The summed E-state index contributed by atoms with van der Waals surface area (Å²) in [5, 5.41) is 0. The van der Waals surface area contributed by atoms with Gasteiger partial charge in [0.1, 0.15) is 0 Å². The molecule has 1 aliphatic carbocycles. The second-order valence-electron chi connectivity index (χ2n) is 7.41. The Labute approximate surface area is 150 Å². The van der Waals surface area contributed by atoms with Gasteiger partial charge in [-0.25, -0.2) is 13.1 Å². The van der Waals surface area contributed by atoms with E-state index in [1.54, 1.807) is 18.2 Å². The number of amides is 1. The first-order valence-electron chi connectivity index (χ1n) is 8.99. The molecule has 1 N–H and O–H groups in total. The molecule has 25 heavy (non-hydrogen) atoms. The topological polar surface area (TPSA) is 69.7 Å². The number of piperazine rings is 1. The average Bonchev–Trinajstić information content (AvgIpc) is 3.38. The maximum absolute atomic E-state index is 12.7. The van der Waals surface area contributed by atoms with Crippen molar-refractivity contribution in [3.05, 3.63) is 29.8 Å². The van der Waals surface area contributed by atoms with Gasteiger partial charge in [0.2, 0.25) is 10.0 Å². The number of nitrogens with one attached hydrogen (secondary N) is 1. The van der Waals surface area contributed by atoms with E-state index >= 15 is 0 Å². The lowest BCUT2D eigenvalue weighted by Crippen LogP contribution is -2.49. The van der Waals surface area contributed by atoms with Gasteiger partial charge in [-0.3, -0.25) is 9.69 Å². The van der Waals surface area contributed by atoms with Crippen LogP contribution in [0, 0.1) is 5.92 Å². The Balaban J connectivity index is 1.66. The van der Waals surface area contributed by atoms with Crippen molar-refractivity contribution in [2.24, 2.45) is 5.92 Å². The molecule has 1 saturated carbocycles. The first kappa shape index (κ1) is 18.4. The highest BCUT2D eigenvalue weighted by Gasteiger charge is 2.29. The number of nitrogens with zero attached hydrogens (tertiary/aromatic N) is 2. The van der Waals surface area contributed by atoms with Crippen molar-refractivity contribution in [1.82, 2.24) is 14.5 Å². The molecule has 1 heterocycles. The summed E-state index contributed by atoms with van der Waals surface area (Å²) in [5.41, 5.74) is 0.441. The minimum absolute atomic E-state index is 0.0541. The Bertz CT molecular complexity index is 721. The third-order valence-electron chi connectivity index (χ3n) is 4.57. The van der Waals surface area contributed by atoms with E-state index in [0.717, 1.165) is 32.5 Å². The zero-order valence-corrected chi connectivity index (χ0v) is 15.8. The summed E-state index contributed by atoms with van der Waals surface area (Å²) in [5.74, 6) is 0.524. The van der Waals surface area contributed by atoms with Crippen LogP contribution in [0.5, 0.6) is 0 Å². The van der Waals surface area contributed by atoms with Gasteiger partial charge in [-0.1, -0.05) is 19.9 Å². The lowest BCUT2D eigenvalue weighted by atomic mass is 10.1.